The smallest absolute Gasteiger partial charge is 0.259 e. The second-order valence-electron chi connectivity index (χ2n) is 4.85. The Labute approximate surface area is 140 Å². The summed E-state index contributed by atoms with van der Waals surface area (Å²) in [4.78, 5) is 11.8. The Balaban J connectivity index is 1.89. The lowest BCUT2D eigenvalue weighted by molar-refractivity contribution is -0.119. The number of rotatable bonds is 6. The zero-order valence-electron chi connectivity index (χ0n) is 13.0. The molecule has 0 saturated carbocycles. The number of methoxy groups -OCH3 is 1. The van der Waals surface area contributed by atoms with E-state index in [1.54, 1.807) is 25.3 Å². The summed E-state index contributed by atoms with van der Waals surface area (Å²) in [6.45, 7) is 2.11. The molecule has 2 aromatic carbocycles. The van der Waals surface area contributed by atoms with Gasteiger partial charge in [-0.1, -0.05) is 29.8 Å². The summed E-state index contributed by atoms with van der Waals surface area (Å²) in [5.41, 5.74) is 5.14. The fourth-order valence-corrected chi connectivity index (χ4v) is 2.15. The van der Waals surface area contributed by atoms with Crippen molar-refractivity contribution in [1.82, 2.24) is 5.43 Å². The van der Waals surface area contributed by atoms with E-state index in [0.29, 0.717) is 16.3 Å². The van der Waals surface area contributed by atoms with E-state index in [1.807, 2.05) is 31.2 Å². The van der Waals surface area contributed by atoms with Crippen LogP contribution in [0.1, 0.15) is 11.1 Å². The molecule has 23 heavy (non-hydrogen) atoms. The Morgan fingerprint density at radius 1 is 1.30 bits per heavy atom. The number of nitrogens with one attached hydrogen (secondary N) is 2. The van der Waals surface area contributed by atoms with Crippen molar-refractivity contribution in [3.8, 4) is 5.75 Å². The topological polar surface area (TPSA) is 62.7 Å². The van der Waals surface area contributed by atoms with Crippen LogP contribution < -0.4 is 15.5 Å². The number of hydrogen-bond acceptors (Lipinski definition) is 4. The van der Waals surface area contributed by atoms with E-state index < -0.39 is 0 Å². The molecule has 0 saturated heterocycles. The van der Waals surface area contributed by atoms with Gasteiger partial charge >= 0.3 is 0 Å². The molecule has 0 spiro atoms. The lowest BCUT2D eigenvalue weighted by Gasteiger charge is -2.08. The maximum atomic E-state index is 11.8. The third-order valence-corrected chi connectivity index (χ3v) is 3.40. The number of amides is 1. The van der Waals surface area contributed by atoms with Crippen LogP contribution in [0.4, 0.5) is 5.69 Å². The quantitative estimate of drug-likeness (QED) is 0.631. The lowest BCUT2D eigenvalue weighted by atomic mass is 10.2. The molecule has 0 aliphatic rings. The summed E-state index contributed by atoms with van der Waals surface area (Å²) in [5.74, 6) is 0.385. The normalized spacial score (nSPS) is 10.6. The maximum Gasteiger partial charge on any atom is 0.259 e. The Bertz CT molecular complexity index is 717. The van der Waals surface area contributed by atoms with Crippen molar-refractivity contribution >= 4 is 29.4 Å². The van der Waals surface area contributed by atoms with E-state index in [9.17, 15) is 4.79 Å². The number of carbonyl (C=O) groups excluding carboxylic acids is 1. The van der Waals surface area contributed by atoms with Gasteiger partial charge in [-0.05, 0) is 36.8 Å². The molecule has 0 aromatic heterocycles. The molecule has 6 heteroatoms. The first kappa shape index (κ1) is 16.8. The van der Waals surface area contributed by atoms with Crippen molar-refractivity contribution in [2.75, 3.05) is 19.0 Å². The van der Waals surface area contributed by atoms with Crippen LogP contribution in [-0.4, -0.2) is 25.8 Å². The number of benzene rings is 2. The maximum absolute atomic E-state index is 11.8. The highest BCUT2D eigenvalue weighted by molar-refractivity contribution is 6.30. The summed E-state index contributed by atoms with van der Waals surface area (Å²) >= 11 is 5.93. The zero-order valence-corrected chi connectivity index (χ0v) is 13.7. The largest absolute Gasteiger partial charge is 0.496 e. The van der Waals surface area contributed by atoms with Crippen LogP contribution in [0.3, 0.4) is 0 Å². The molecular formula is C17H18ClN3O2. The lowest BCUT2D eigenvalue weighted by Crippen LogP contribution is -2.26. The van der Waals surface area contributed by atoms with Crippen molar-refractivity contribution in [2.45, 2.75) is 6.92 Å². The minimum absolute atomic E-state index is 0.134. The number of anilines is 1. The molecule has 0 fully saturated rings. The van der Waals surface area contributed by atoms with Crippen molar-refractivity contribution in [3.63, 3.8) is 0 Å². The third-order valence-electron chi connectivity index (χ3n) is 3.17. The predicted molar refractivity (Wildman–Crippen MR) is 93.4 cm³/mol. The molecule has 0 aliphatic heterocycles. The van der Waals surface area contributed by atoms with Crippen molar-refractivity contribution in [1.29, 1.82) is 0 Å². The average molecular weight is 332 g/mol. The molecule has 0 radical (unpaired) electrons. The monoisotopic (exact) mass is 331 g/mol. The van der Waals surface area contributed by atoms with Gasteiger partial charge in [-0.15, -0.1) is 0 Å². The van der Waals surface area contributed by atoms with Gasteiger partial charge in [0.25, 0.3) is 5.91 Å². The number of para-hydroxylation sites is 1. The van der Waals surface area contributed by atoms with Crippen LogP contribution in [0.2, 0.25) is 5.02 Å². The van der Waals surface area contributed by atoms with Gasteiger partial charge in [-0.3, -0.25) is 4.79 Å². The van der Waals surface area contributed by atoms with E-state index in [0.717, 1.165) is 11.3 Å². The summed E-state index contributed by atoms with van der Waals surface area (Å²) < 4.78 is 5.20. The molecule has 120 valence electrons. The van der Waals surface area contributed by atoms with E-state index in [2.05, 4.69) is 15.8 Å². The third kappa shape index (κ3) is 5.00. The van der Waals surface area contributed by atoms with Crippen LogP contribution in [0, 0.1) is 6.92 Å². The first-order chi connectivity index (χ1) is 11.1. The summed E-state index contributed by atoms with van der Waals surface area (Å²) in [6.07, 6.45) is 1.50. The van der Waals surface area contributed by atoms with Gasteiger partial charge in [0, 0.05) is 16.3 Å². The fraction of sp³-hybridized carbons (Fsp3) is 0.176. The van der Waals surface area contributed by atoms with Crippen LogP contribution >= 0.6 is 11.6 Å². The average Bonchev–Trinajstić information content (AvgIpc) is 2.54. The molecule has 2 N–H and O–H groups in total. The van der Waals surface area contributed by atoms with Gasteiger partial charge in [0.15, 0.2) is 0 Å². The number of aryl methyl sites for hydroxylation is 1. The van der Waals surface area contributed by atoms with Crippen molar-refractivity contribution in [3.05, 3.63) is 58.6 Å². The van der Waals surface area contributed by atoms with E-state index in [1.165, 1.54) is 6.21 Å². The predicted octanol–water partition coefficient (Wildman–Crippen LogP) is 3.22. The first-order valence-electron chi connectivity index (χ1n) is 7.05. The van der Waals surface area contributed by atoms with E-state index >= 15 is 0 Å². The SMILES string of the molecule is COc1ccc(Cl)cc1/C=N\NC(=O)CNc1ccccc1C. The van der Waals surface area contributed by atoms with Crippen LogP contribution in [0.15, 0.2) is 47.6 Å². The van der Waals surface area contributed by atoms with Gasteiger partial charge in [0.2, 0.25) is 0 Å². The molecule has 0 atom stereocenters. The highest BCUT2D eigenvalue weighted by Gasteiger charge is 2.03. The van der Waals surface area contributed by atoms with Gasteiger partial charge in [0.05, 0.1) is 19.9 Å². The zero-order chi connectivity index (χ0) is 16.7. The summed E-state index contributed by atoms with van der Waals surface area (Å²) in [6, 6.07) is 12.9. The summed E-state index contributed by atoms with van der Waals surface area (Å²) in [5, 5.41) is 7.55. The Hall–Kier alpha value is -2.53. The Morgan fingerprint density at radius 2 is 2.09 bits per heavy atom. The number of nitrogens with zero attached hydrogens (tertiary/aromatic N) is 1. The Kier molecular flexibility index (Phi) is 6.00. The number of halogens is 1. The molecule has 0 bridgehead atoms. The van der Waals surface area contributed by atoms with Crippen LogP contribution in [-0.2, 0) is 4.79 Å². The van der Waals surface area contributed by atoms with Gasteiger partial charge in [0.1, 0.15) is 5.75 Å². The number of hydrogen-bond donors (Lipinski definition) is 2. The van der Waals surface area contributed by atoms with Crippen molar-refractivity contribution in [2.24, 2.45) is 5.10 Å². The molecule has 5 nitrogen and oxygen atoms in total. The summed E-state index contributed by atoms with van der Waals surface area (Å²) in [7, 11) is 1.56. The molecule has 0 aliphatic carbocycles. The fourth-order valence-electron chi connectivity index (χ4n) is 1.97. The molecule has 2 aromatic rings. The minimum atomic E-state index is -0.245. The molecule has 2 rings (SSSR count). The van der Waals surface area contributed by atoms with Gasteiger partial charge in [-0.25, -0.2) is 5.43 Å². The highest BCUT2D eigenvalue weighted by atomic mass is 35.5. The number of hydrazone groups is 1. The highest BCUT2D eigenvalue weighted by Crippen LogP contribution is 2.20. The molecule has 1 amide bonds. The molecular weight excluding hydrogens is 314 g/mol. The number of ether oxygens (including phenoxy) is 1. The number of carbonyl (C=O) groups is 1. The second kappa shape index (κ2) is 8.19. The van der Waals surface area contributed by atoms with Crippen LogP contribution in [0.5, 0.6) is 5.75 Å². The van der Waals surface area contributed by atoms with E-state index in [-0.39, 0.29) is 12.5 Å². The van der Waals surface area contributed by atoms with Crippen LogP contribution in [0.25, 0.3) is 0 Å². The van der Waals surface area contributed by atoms with E-state index in [4.69, 9.17) is 16.3 Å². The standard InChI is InChI=1S/C17H18ClN3O2/c1-12-5-3-4-6-15(12)19-11-17(22)21-20-10-13-9-14(18)7-8-16(13)23-2/h3-10,19H,11H2,1-2H3,(H,21,22)/b20-10-. The first-order valence-corrected chi connectivity index (χ1v) is 7.43. The minimum Gasteiger partial charge on any atom is -0.496 e. The van der Waals surface area contributed by atoms with Gasteiger partial charge < -0.3 is 10.1 Å². The second-order valence-corrected chi connectivity index (χ2v) is 5.28. The Morgan fingerprint density at radius 3 is 2.83 bits per heavy atom. The molecule has 0 heterocycles. The van der Waals surface area contributed by atoms with Gasteiger partial charge in [-0.2, -0.15) is 5.10 Å². The van der Waals surface area contributed by atoms with Crippen molar-refractivity contribution < 1.29 is 9.53 Å². The molecule has 0 unspecified atom stereocenters.